The number of nitrogens with zero attached hydrogens (tertiary/aromatic N) is 1. The molecule has 2 fully saturated rings. The molecule has 2 atom stereocenters. The van der Waals surface area contributed by atoms with Gasteiger partial charge >= 0.3 is 0 Å². The lowest BCUT2D eigenvalue weighted by Gasteiger charge is -2.49. The van der Waals surface area contributed by atoms with Gasteiger partial charge in [-0.2, -0.15) is 0 Å². The van der Waals surface area contributed by atoms with Gasteiger partial charge in [-0.05, 0) is 50.6 Å². The molecule has 1 aliphatic carbocycles. The zero-order valence-electron chi connectivity index (χ0n) is 15.4. The normalized spacial score (nSPS) is 25.7. The summed E-state index contributed by atoms with van der Waals surface area (Å²) in [6.45, 7) is 9.67. The van der Waals surface area contributed by atoms with E-state index >= 15 is 0 Å². The summed E-state index contributed by atoms with van der Waals surface area (Å²) in [5, 5.41) is 3.21. The fourth-order valence-corrected chi connectivity index (χ4v) is 4.18. The van der Waals surface area contributed by atoms with E-state index in [1.54, 1.807) is 0 Å². The van der Waals surface area contributed by atoms with Crippen molar-refractivity contribution in [3.8, 4) is 0 Å². The summed E-state index contributed by atoms with van der Waals surface area (Å²) in [7, 11) is 0. The van der Waals surface area contributed by atoms with E-state index < -0.39 is 0 Å². The third kappa shape index (κ3) is 4.69. The van der Waals surface area contributed by atoms with E-state index in [9.17, 15) is 4.79 Å². The van der Waals surface area contributed by atoms with Crippen LogP contribution >= 0.6 is 0 Å². The minimum absolute atomic E-state index is 0.0367. The average Bonchev–Trinajstić information content (AvgIpc) is 2.59. The SMILES string of the molecule is CCC(C)[C@H](N)C(=O)NCC1(N2CCC(C)CC2)CCCCC1. The lowest BCUT2D eigenvalue weighted by Crippen LogP contribution is -2.60. The number of carbonyl (C=O) groups is 1. The standard InChI is InChI=1S/C19H37N3O/c1-4-16(3)17(20)18(23)21-14-19(10-6-5-7-11-19)22-12-8-15(2)9-13-22/h15-17H,4-14,20H2,1-3H3,(H,21,23)/t16?,17-/m0/s1. The highest BCUT2D eigenvalue weighted by Crippen LogP contribution is 2.36. The number of nitrogens with one attached hydrogen (secondary N) is 1. The lowest BCUT2D eigenvalue weighted by molar-refractivity contribution is -0.124. The van der Waals surface area contributed by atoms with Gasteiger partial charge in [0.15, 0.2) is 0 Å². The molecule has 134 valence electrons. The number of hydrogen-bond acceptors (Lipinski definition) is 3. The fourth-order valence-electron chi connectivity index (χ4n) is 4.18. The molecule has 0 bridgehead atoms. The van der Waals surface area contributed by atoms with Gasteiger partial charge in [0, 0.05) is 12.1 Å². The van der Waals surface area contributed by atoms with Crippen LogP contribution in [0.2, 0.25) is 0 Å². The second kappa shape index (κ2) is 8.48. The van der Waals surface area contributed by atoms with E-state index in [0.29, 0.717) is 0 Å². The van der Waals surface area contributed by atoms with Crippen molar-refractivity contribution in [2.24, 2.45) is 17.6 Å². The van der Waals surface area contributed by atoms with Gasteiger partial charge in [-0.25, -0.2) is 0 Å². The van der Waals surface area contributed by atoms with Crippen LogP contribution in [0.1, 0.15) is 72.1 Å². The van der Waals surface area contributed by atoms with Crippen LogP contribution in [0.4, 0.5) is 0 Å². The summed E-state index contributed by atoms with van der Waals surface area (Å²) in [5.74, 6) is 1.13. The predicted molar refractivity (Wildman–Crippen MR) is 96.2 cm³/mol. The molecule has 1 amide bonds. The van der Waals surface area contributed by atoms with Crippen LogP contribution < -0.4 is 11.1 Å². The molecular weight excluding hydrogens is 286 g/mol. The first-order chi connectivity index (χ1) is 11.0. The van der Waals surface area contributed by atoms with Crippen LogP contribution in [-0.4, -0.2) is 42.0 Å². The highest BCUT2D eigenvalue weighted by Gasteiger charge is 2.39. The molecule has 0 aromatic rings. The fraction of sp³-hybridized carbons (Fsp3) is 0.947. The topological polar surface area (TPSA) is 58.4 Å². The van der Waals surface area contributed by atoms with E-state index in [1.165, 1.54) is 58.0 Å². The third-order valence-corrected chi connectivity index (χ3v) is 6.39. The molecule has 0 aromatic heterocycles. The maximum atomic E-state index is 12.4. The molecular formula is C19H37N3O. The van der Waals surface area contributed by atoms with Crippen molar-refractivity contribution in [3.05, 3.63) is 0 Å². The molecule has 1 aliphatic heterocycles. The van der Waals surface area contributed by atoms with Crippen LogP contribution in [0.3, 0.4) is 0 Å². The van der Waals surface area contributed by atoms with Crippen LogP contribution in [0.5, 0.6) is 0 Å². The minimum atomic E-state index is -0.373. The van der Waals surface area contributed by atoms with Crippen molar-refractivity contribution in [1.82, 2.24) is 10.2 Å². The number of carbonyl (C=O) groups excluding carboxylic acids is 1. The molecule has 23 heavy (non-hydrogen) atoms. The zero-order chi connectivity index (χ0) is 16.9. The average molecular weight is 324 g/mol. The van der Waals surface area contributed by atoms with Gasteiger partial charge in [-0.1, -0.05) is 46.5 Å². The van der Waals surface area contributed by atoms with Crippen molar-refractivity contribution >= 4 is 5.91 Å². The number of piperidine rings is 1. The van der Waals surface area contributed by atoms with Gasteiger partial charge < -0.3 is 11.1 Å². The van der Waals surface area contributed by atoms with Crippen LogP contribution in [0.15, 0.2) is 0 Å². The Kier molecular flexibility index (Phi) is 6.90. The smallest absolute Gasteiger partial charge is 0.237 e. The van der Waals surface area contributed by atoms with Crippen molar-refractivity contribution in [2.75, 3.05) is 19.6 Å². The Morgan fingerprint density at radius 2 is 1.87 bits per heavy atom. The van der Waals surface area contributed by atoms with Gasteiger partial charge in [0.1, 0.15) is 0 Å². The maximum absolute atomic E-state index is 12.4. The Morgan fingerprint density at radius 3 is 2.43 bits per heavy atom. The quantitative estimate of drug-likeness (QED) is 0.790. The first-order valence-corrected chi connectivity index (χ1v) is 9.77. The number of nitrogens with two attached hydrogens (primary N) is 1. The van der Waals surface area contributed by atoms with Gasteiger partial charge in [0.2, 0.25) is 5.91 Å². The molecule has 0 spiro atoms. The molecule has 3 N–H and O–H groups in total. The van der Waals surface area contributed by atoms with E-state index in [4.69, 9.17) is 5.73 Å². The lowest BCUT2D eigenvalue weighted by atomic mass is 9.78. The Morgan fingerprint density at radius 1 is 1.26 bits per heavy atom. The van der Waals surface area contributed by atoms with Gasteiger partial charge in [-0.3, -0.25) is 9.69 Å². The second-order valence-electron chi connectivity index (χ2n) is 8.08. The maximum Gasteiger partial charge on any atom is 0.237 e. The third-order valence-electron chi connectivity index (χ3n) is 6.39. The molecule has 0 aromatic carbocycles. The summed E-state index contributed by atoms with van der Waals surface area (Å²) in [6, 6.07) is -0.373. The van der Waals surface area contributed by atoms with Gasteiger partial charge in [0.05, 0.1) is 6.04 Å². The summed E-state index contributed by atoms with van der Waals surface area (Å²) >= 11 is 0. The molecule has 1 saturated carbocycles. The van der Waals surface area contributed by atoms with E-state index in [1.807, 2.05) is 0 Å². The summed E-state index contributed by atoms with van der Waals surface area (Å²) < 4.78 is 0. The first kappa shape index (κ1) is 18.7. The molecule has 0 radical (unpaired) electrons. The van der Waals surface area contributed by atoms with Crippen molar-refractivity contribution < 1.29 is 4.79 Å². The predicted octanol–water partition coefficient (Wildman–Crippen LogP) is 2.91. The molecule has 1 unspecified atom stereocenters. The Hall–Kier alpha value is -0.610. The summed E-state index contributed by atoms with van der Waals surface area (Å²) in [4.78, 5) is 15.1. The van der Waals surface area contributed by atoms with Crippen LogP contribution in [-0.2, 0) is 4.79 Å². The highest BCUT2D eigenvalue weighted by molar-refractivity contribution is 5.81. The van der Waals surface area contributed by atoms with Crippen LogP contribution in [0, 0.1) is 11.8 Å². The largest absolute Gasteiger partial charge is 0.353 e. The van der Waals surface area contributed by atoms with Crippen molar-refractivity contribution in [2.45, 2.75) is 83.7 Å². The molecule has 2 rings (SSSR count). The Labute approximate surface area is 142 Å². The minimum Gasteiger partial charge on any atom is -0.353 e. The van der Waals surface area contributed by atoms with Gasteiger partial charge in [0.25, 0.3) is 0 Å². The zero-order valence-corrected chi connectivity index (χ0v) is 15.4. The number of amides is 1. The Bertz CT molecular complexity index is 371. The van der Waals surface area contributed by atoms with E-state index in [-0.39, 0.29) is 23.4 Å². The molecule has 2 aliphatic rings. The highest BCUT2D eigenvalue weighted by atomic mass is 16.2. The monoisotopic (exact) mass is 323 g/mol. The molecule has 4 nitrogen and oxygen atoms in total. The Balaban J connectivity index is 1.97. The second-order valence-corrected chi connectivity index (χ2v) is 8.08. The number of likely N-dealkylation sites (tertiary alicyclic amines) is 1. The van der Waals surface area contributed by atoms with E-state index in [0.717, 1.165) is 18.9 Å². The van der Waals surface area contributed by atoms with Crippen molar-refractivity contribution in [1.29, 1.82) is 0 Å². The molecule has 4 heteroatoms. The number of rotatable bonds is 6. The van der Waals surface area contributed by atoms with Gasteiger partial charge in [-0.15, -0.1) is 0 Å². The molecule has 1 saturated heterocycles. The van der Waals surface area contributed by atoms with Crippen molar-refractivity contribution in [3.63, 3.8) is 0 Å². The van der Waals surface area contributed by atoms with Crippen LogP contribution in [0.25, 0.3) is 0 Å². The molecule has 1 heterocycles. The van der Waals surface area contributed by atoms with E-state index in [2.05, 4.69) is 31.0 Å². The number of hydrogen-bond donors (Lipinski definition) is 2. The summed E-state index contributed by atoms with van der Waals surface area (Å²) in [6.07, 6.45) is 9.90. The first-order valence-electron chi connectivity index (χ1n) is 9.77. The summed E-state index contributed by atoms with van der Waals surface area (Å²) in [5.41, 5.74) is 6.28.